The largest absolute Gasteiger partial charge is 0.439 e. The molecule has 2 atom stereocenters. The number of aromatic nitrogens is 1. The number of anilines is 1. The van der Waals surface area contributed by atoms with Crippen LogP contribution >= 0.6 is 0 Å². The number of ether oxygens (including phenoxy) is 1. The Labute approximate surface area is 135 Å². The Bertz CT molecular complexity index is 668. The number of carbonyl (C=O) groups is 1. The molecule has 2 aromatic rings. The highest BCUT2D eigenvalue weighted by atomic mass is 16.5. The van der Waals surface area contributed by atoms with Crippen molar-refractivity contribution in [3.63, 3.8) is 0 Å². The van der Waals surface area contributed by atoms with Crippen LogP contribution in [0.3, 0.4) is 0 Å². The van der Waals surface area contributed by atoms with Gasteiger partial charge in [0.2, 0.25) is 11.8 Å². The van der Waals surface area contributed by atoms with E-state index in [-0.39, 0.29) is 11.8 Å². The van der Waals surface area contributed by atoms with Crippen LogP contribution < -0.4 is 10.1 Å². The van der Waals surface area contributed by atoms with Crippen molar-refractivity contribution in [1.82, 2.24) is 4.98 Å². The molecule has 5 nitrogen and oxygen atoms in total. The maximum absolute atomic E-state index is 12.1. The van der Waals surface area contributed by atoms with Crippen molar-refractivity contribution >= 4 is 11.6 Å². The quantitative estimate of drug-likeness (QED) is 0.909. The summed E-state index contributed by atoms with van der Waals surface area (Å²) in [5.41, 5.74) is 1.77. The summed E-state index contributed by atoms with van der Waals surface area (Å²) in [5, 5.41) is 12.6. The van der Waals surface area contributed by atoms with E-state index in [9.17, 15) is 9.90 Å². The normalized spacial score (nSPS) is 20.3. The molecule has 0 aliphatic heterocycles. The van der Waals surface area contributed by atoms with Gasteiger partial charge in [-0.3, -0.25) is 4.79 Å². The van der Waals surface area contributed by atoms with Gasteiger partial charge in [0.15, 0.2) is 0 Å². The molecule has 1 aromatic heterocycles. The second-order valence-corrected chi connectivity index (χ2v) is 5.89. The summed E-state index contributed by atoms with van der Waals surface area (Å²) >= 11 is 0. The lowest BCUT2D eigenvalue weighted by Gasteiger charge is -2.14. The summed E-state index contributed by atoms with van der Waals surface area (Å²) in [6.45, 7) is 2.01. The molecular formula is C18H20N2O3. The molecule has 1 amide bonds. The number of aliphatic hydroxyl groups excluding tert-OH is 1. The smallest absolute Gasteiger partial charge is 0.230 e. The third kappa shape index (κ3) is 3.87. The van der Waals surface area contributed by atoms with Crippen LogP contribution in [-0.2, 0) is 4.79 Å². The lowest BCUT2D eigenvalue weighted by Crippen LogP contribution is -2.28. The molecule has 5 heteroatoms. The van der Waals surface area contributed by atoms with Crippen molar-refractivity contribution in [3.05, 3.63) is 48.2 Å². The summed E-state index contributed by atoms with van der Waals surface area (Å²) in [4.78, 5) is 16.3. The third-order valence-corrected chi connectivity index (χ3v) is 4.06. The second kappa shape index (κ2) is 6.79. The van der Waals surface area contributed by atoms with Gasteiger partial charge in [-0.2, -0.15) is 0 Å². The van der Waals surface area contributed by atoms with Gasteiger partial charge in [0.1, 0.15) is 5.75 Å². The number of amides is 1. The maximum Gasteiger partial charge on any atom is 0.230 e. The number of carbonyl (C=O) groups excluding carboxylic acids is 1. The fraction of sp³-hybridized carbons (Fsp3) is 0.333. The first-order valence-electron chi connectivity index (χ1n) is 7.81. The molecule has 0 bridgehead atoms. The van der Waals surface area contributed by atoms with Gasteiger partial charge in [-0.1, -0.05) is 17.7 Å². The van der Waals surface area contributed by atoms with Gasteiger partial charge in [-0.25, -0.2) is 4.98 Å². The summed E-state index contributed by atoms with van der Waals surface area (Å²) in [5.74, 6) is 0.712. The Balaban J connectivity index is 1.60. The number of nitrogens with zero attached hydrogens (tertiary/aromatic N) is 1. The van der Waals surface area contributed by atoms with Crippen LogP contribution in [0.4, 0.5) is 5.69 Å². The predicted octanol–water partition coefficient (Wildman–Crippen LogP) is 3.28. The Morgan fingerprint density at radius 2 is 2.00 bits per heavy atom. The zero-order valence-electron chi connectivity index (χ0n) is 13.0. The average molecular weight is 312 g/mol. The first-order valence-corrected chi connectivity index (χ1v) is 7.81. The molecule has 3 rings (SSSR count). The minimum atomic E-state index is -0.535. The van der Waals surface area contributed by atoms with Crippen LogP contribution in [0.15, 0.2) is 42.6 Å². The summed E-state index contributed by atoms with van der Waals surface area (Å²) in [7, 11) is 0. The molecule has 1 fully saturated rings. The SMILES string of the molecule is Cc1ccc(Oc2ccc(NC(=O)C3CCCC3O)cn2)cc1. The van der Waals surface area contributed by atoms with Gasteiger partial charge in [-0.15, -0.1) is 0 Å². The van der Waals surface area contributed by atoms with Gasteiger partial charge in [-0.05, 0) is 44.4 Å². The average Bonchev–Trinajstić information content (AvgIpc) is 2.98. The number of hydrogen-bond donors (Lipinski definition) is 2. The van der Waals surface area contributed by atoms with Crippen LogP contribution in [0.5, 0.6) is 11.6 Å². The summed E-state index contributed by atoms with van der Waals surface area (Å²) in [6.07, 6.45) is 3.34. The highest BCUT2D eigenvalue weighted by Crippen LogP contribution is 2.27. The first kappa shape index (κ1) is 15.5. The molecule has 1 aliphatic carbocycles. The fourth-order valence-corrected chi connectivity index (χ4v) is 2.72. The van der Waals surface area contributed by atoms with E-state index in [0.29, 0.717) is 23.7 Å². The summed E-state index contributed by atoms with van der Waals surface area (Å²) in [6, 6.07) is 11.2. The van der Waals surface area contributed by atoms with Gasteiger partial charge >= 0.3 is 0 Å². The first-order chi connectivity index (χ1) is 11.1. The van der Waals surface area contributed by atoms with Crippen molar-refractivity contribution in [2.24, 2.45) is 5.92 Å². The molecule has 0 saturated heterocycles. The lowest BCUT2D eigenvalue weighted by atomic mass is 10.1. The number of benzene rings is 1. The number of aliphatic hydroxyl groups is 1. The minimum absolute atomic E-state index is 0.149. The number of aryl methyl sites for hydroxylation is 1. The highest BCUT2D eigenvalue weighted by molar-refractivity contribution is 5.92. The molecule has 2 N–H and O–H groups in total. The van der Waals surface area contributed by atoms with E-state index < -0.39 is 6.10 Å². The molecule has 1 heterocycles. The van der Waals surface area contributed by atoms with Gasteiger partial charge in [0, 0.05) is 6.07 Å². The van der Waals surface area contributed by atoms with E-state index in [1.54, 1.807) is 18.3 Å². The Morgan fingerprint density at radius 1 is 1.22 bits per heavy atom. The van der Waals surface area contributed by atoms with Gasteiger partial charge < -0.3 is 15.2 Å². The molecule has 0 spiro atoms. The zero-order chi connectivity index (χ0) is 16.2. The molecule has 0 radical (unpaired) electrons. The predicted molar refractivity (Wildman–Crippen MR) is 87.5 cm³/mol. The van der Waals surface area contributed by atoms with Gasteiger partial charge in [0.05, 0.1) is 23.9 Å². The third-order valence-electron chi connectivity index (χ3n) is 4.06. The van der Waals surface area contributed by atoms with Crippen LogP contribution in [0, 0.1) is 12.8 Å². The van der Waals surface area contributed by atoms with Crippen LogP contribution in [0.2, 0.25) is 0 Å². The lowest BCUT2D eigenvalue weighted by molar-refractivity contribution is -0.122. The molecule has 120 valence electrons. The highest BCUT2D eigenvalue weighted by Gasteiger charge is 2.31. The van der Waals surface area contributed by atoms with E-state index in [2.05, 4.69) is 10.3 Å². The van der Waals surface area contributed by atoms with Gasteiger partial charge in [0.25, 0.3) is 0 Å². The standard InChI is InChI=1S/C18H20N2O3/c1-12-5-8-14(9-6-12)23-17-10-7-13(11-19-17)20-18(22)15-3-2-4-16(15)21/h5-11,15-16,21H,2-4H2,1H3,(H,20,22). The van der Waals surface area contributed by atoms with Crippen molar-refractivity contribution < 1.29 is 14.6 Å². The molecule has 23 heavy (non-hydrogen) atoms. The number of hydrogen-bond acceptors (Lipinski definition) is 4. The molecule has 1 saturated carbocycles. The van der Waals surface area contributed by atoms with Crippen molar-refractivity contribution in [3.8, 4) is 11.6 Å². The van der Waals surface area contributed by atoms with E-state index in [1.807, 2.05) is 31.2 Å². The van der Waals surface area contributed by atoms with E-state index >= 15 is 0 Å². The maximum atomic E-state index is 12.1. The Kier molecular flexibility index (Phi) is 4.57. The van der Waals surface area contributed by atoms with Crippen LogP contribution in [-0.4, -0.2) is 22.1 Å². The van der Waals surface area contributed by atoms with E-state index in [1.165, 1.54) is 0 Å². The topological polar surface area (TPSA) is 71.5 Å². The zero-order valence-corrected chi connectivity index (χ0v) is 13.0. The van der Waals surface area contributed by atoms with Crippen molar-refractivity contribution in [2.75, 3.05) is 5.32 Å². The second-order valence-electron chi connectivity index (χ2n) is 5.89. The monoisotopic (exact) mass is 312 g/mol. The number of pyridine rings is 1. The molecular weight excluding hydrogens is 292 g/mol. The van der Waals surface area contributed by atoms with Crippen LogP contribution in [0.25, 0.3) is 0 Å². The molecule has 1 aliphatic rings. The Morgan fingerprint density at radius 3 is 2.61 bits per heavy atom. The van der Waals surface area contributed by atoms with E-state index in [4.69, 9.17) is 4.74 Å². The Hall–Kier alpha value is -2.40. The molecule has 1 aromatic carbocycles. The fourth-order valence-electron chi connectivity index (χ4n) is 2.72. The number of rotatable bonds is 4. The van der Waals surface area contributed by atoms with E-state index in [0.717, 1.165) is 18.4 Å². The number of nitrogens with one attached hydrogen (secondary N) is 1. The van der Waals surface area contributed by atoms with Crippen LogP contribution in [0.1, 0.15) is 24.8 Å². The minimum Gasteiger partial charge on any atom is -0.439 e. The van der Waals surface area contributed by atoms with Crippen molar-refractivity contribution in [1.29, 1.82) is 0 Å². The molecule has 2 unspecified atom stereocenters. The summed E-state index contributed by atoms with van der Waals surface area (Å²) < 4.78 is 5.65. The van der Waals surface area contributed by atoms with Crippen molar-refractivity contribution in [2.45, 2.75) is 32.3 Å².